The molecule has 8 aliphatic rings. The summed E-state index contributed by atoms with van der Waals surface area (Å²) in [5.74, 6) is 6.10. The van der Waals surface area contributed by atoms with E-state index in [0.717, 1.165) is 118 Å². The molecule has 10 rings (SSSR count). The molecule has 3 N–H and O–H groups in total. The average Bonchev–Trinajstić information content (AvgIpc) is 4.07. The highest BCUT2D eigenvalue weighted by Gasteiger charge is 2.63. The van der Waals surface area contributed by atoms with Gasteiger partial charge in [0.25, 0.3) is 0 Å². The largest absolute Gasteiger partial charge is 0.419 e. The Kier molecular flexibility index (Phi) is 17.4. The summed E-state index contributed by atoms with van der Waals surface area (Å²) >= 11 is 3.43. The Hall–Kier alpha value is -2.26. The van der Waals surface area contributed by atoms with Crippen molar-refractivity contribution in [2.24, 2.45) is 80.8 Å². The number of hydrogen-bond donors (Lipinski definition) is 3. The summed E-state index contributed by atoms with van der Waals surface area (Å²) in [6.45, 7) is 13.7. The highest BCUT2D eigenvalue weighted by Crippen LogP contribution is 2.70. The van der Waals surface area contributed by atoms with Gasteiger partial charge in [0.2, 0.25) is 0 Å². The van der Waals surface area contributed by atoms with E-state index in [-0.39, 0.29) is 62.7 Å². The van der Waals surface area contributed by atoms with Crippen LogP contribution >= 0.6 is 15.9 Å². The fourth-order valence-corrected chi connectivity index (χ4v) is 17.7. The summed E-state index contributed by atoms with van der Waals surface area (Å²) in [5.41, 5.74) is -1.66. The standard InChI is InChI=1S/C26H37F3N2O2.C22H35BrO2.C4H3F3N2.3CH4/c1-23(33)10-11-24(2)16(12-23)4-5-18-19-6-7-21(25(19,3)9-8-20(18)24)22(32)15-31-14-17(13-30-31)26(27,28)29;1-20(25)10-11-21(2)14(12-20)4-5-15-16-6-7-18(19(24)13-23)22(16,3)9-8-17(15)21;5-4(6,7)3-1-8-9-2-3;;;/h13-14,16,18-21,33H,4-12,15H2,1-3H3;14-18,25H,4-13H2,1-3H3;1-2H,(H,8,9);3*1H4/t16-,18-,19-,20-,21+,23+,24-,25-;14-,15-,16-,17-,18+,20+,21-,22-;;;;/m00..../s1. The van der Waals surface area contributed by atoms with Crippen LogP contribution in [0.25, 0.3) is 0 Å². The van der Waals surface area contributed by atoms with Gasteiger partial charge in [-0.2, -0.15) is 36.5 Å². The molecule has 0 radical (unpaired) electrons. The quantitative estimate of drug-likeness (QED) is 0.203. The lowest BCUT2D eigenvalue weighted by atomic mass is 9.44. The molecule has 0 saturated heterocycles. The van der Waals surface area contributed by atoms with Crippen LogP contribution in [0.3, 0.4) is 0 Å². The molecule has 400 valence electrons. The lowest BCUT2D eigenvalue weighted by molar-refractivity contribution is -0.151. The van der Waals surface area contributed by atoms with Gasteiger partial charge in [-0.05, 0) is 198 Å². The van der Waals surface area contributed by atoms with Gasteiger partial charge in [0, 0.05) is 24.2 Å². The highest BCUT2D eigenvalue weighted by molar-refractivity contribution is 9.09. The van der Waals surface area contributed by atoms with Crippen molar-refractivity contribution in [1.82, 2.24) is 20.0 Å². The molecule has 2 aromatic rings. The number of rotatable bonds is 5. The molecule has 8 aliphatic carbocycles. The number of fused-ring (bicyclic) bond motifs is 10. The van der Waals surface area contributed by atoms with Crippen molar-refractivity contribution < 1.29 is 46.1 Å². The third kappa shape index (κ3) is 10.8. The zero-order chi connectivity index (χ0) is 48.8. The van der Waals surface area contributed by atoms with Crippen molar-refractivity contribution in [3.8, 4) is 0 Å². The second-order valence-corrected chi connectivity index (χ2v) is 25.1. The van der Waals surface area contributed by atoms with E-state index < -0.39 is 34.7 Å². The Labute approximate surface area is 423 Å². The zero-order valence-electron chi connectivity index (χ0n) is 40.4. The van der Waals surface area contributed by atoms with E-state index in [1.165, 1.54) is 44.9 Å². The number of carbonyl (C=O) groups excluding carboxylic acids is 2. The van der Waals surface area contributed by atoms with Crippen LogP contribution in [-0.2, 0) is 28.5 Å². The Balaban J connectivity index is 0.000000218. The van der Waals surface area contributed by atoms with Gasteiger partial charge >= 0.3 is 12.4 Å². The number of halogens is 7. The average molecular weight is 1060 g/mol. The SMILES string of the molecule is C.C.C.C[C@@]1(O)CC[C@@]2(C)[C@@H](CC[C@@H]3[C@@H]2CC[C@]2(C)[C@@H](C(=O)CBr)CC[C@@H]32)C1.C[C@@]1(O)CC[C@@]2(C)[C@@H](CC[C@@H]3[C@@H]2CC[C@]2(C)[C@@H](C(=O)Cn4cc(C(F)(F)F)cn4)CC[C@@H]32)C1.FC(F)(F)c1cn[nH]c1. The number of hydrogen-bond acceptors (Lipinski definition) is 6. The minimum Gasteiger partial charge on any atom is -0.390 e. The Morgan fingerprint density at radius 3 is 1.44 bits per heavy atom. The van der Waals surface area contributed by atoms with Crippen LogP contribution in [0, 0.1) is 80.8 Å². The van der Waals surface area contributed by atoms with Crippen LogP contribution in [0.5, 0.6) is 0 Å². The van der Waals surface area contributed by atoms with Crippen LogP contribution < -0.4 is 0 Å². The predicted molar refractivity (Wildman–Crippen MR) is 267 cm³/mol. The zero-order valence-corrected chi connectivity index (χ0v) is 42.0. The number of ketones is 2. The van der Waals surface area contributed by atoms with Gasteiger partial charge in [0.15, 0.2) is 5.78 Å². The molecule has 8 nitrogen and oxygen atoms in total. The molecule has 70 heavy (non-hydrogen) atoms. The minimum absolute atomic E-state index is 0. The van der Waals surface area contributed by atoms with Crippen LogP contribution in [0.15, 0.2) is 24.8 Å². The maximum Gasteiger partial charge on any atom is 0.419 e. The summed E-state index contributed by atoms with van der Waals surface area (Å²) in [7, 11) is 0. The molecule has 0 aromatic carbocycles. The molecule has 0 spiro atoms. The molecule has 8 fully saturated rings. The second kappa shape index (κ2) is 20.8. The summed E-state index contributed by atoms with van der Waals surface area (Å²) in [5, 5.41) is 30.8. The van der Waals surface area contributed by atoms with Crippen molar-refractivity contribution >= 4 is 27.5 Å². The van der Waals surface area contributed by atoms with Gasteiger partial charge in [-0.25, -0.2) is 0 Å². The van der Waals surface area contributed by atoms with E-state index in [1.54, 1.807) is 0 Å². The van der Waals surface area contributed by atoms with Crippen LogP contribution in [0.4, 0.5) is 26.3 Å². The molecule has 15 heteroatoms. The fourth-order valence-electron chi connectivity index (χ4n) is 17.3. The third-order valence-corrected chi connectivity index (χ3v) is 21.5. The molecule has 0 unspecified atom stereocenters. The minimum atomic E-state index is -4.44. The number of nitrogens with one attached hydrogen (secondary N) is 1. The lowest BCUT2D eigenvalue weighted by Gasteiger charge is -2.61. The van der Waals surface area contributed by atoms with Gasteiger partial charge < -0.3 is 10.2 Å². The van der Waals surface area contributed by atoms with Gasteiger partial charge in [0.1, 0.15) is 5.78 Å². The third-order valence-electron chi connectivity index (χ3n) is 20.9. The second-order valence-electron chi connectivity index (χ2n) is 24.5. The number of H-pyrrole nitrogens is 1. The van der Waals surface area contributed by atoms with E-state index in [1.807, 2.05) is 13.8 Å². The Morgan fingerprint density at radius 2 is 1.06 bits per heavy atom. The van der Waals surface area contributed by atoms with Crippen molar-refractivity contribution in [3.63, 3.8) is 0 Å². The molecule has 0 aliphatic heterocycles. The molecule has 2 aromatic heterocycles. The van der Waals surface area contributed by atoms with Crippen molar-refractivity contribution in [2.45, 2.75) is 209 Å². The summed E-state index contributed by atoms with van der Waals surface area (Å²) < 4.78 is 74.6. The van der Waals surface area contributed by atoms with Gasteiger partial charge in [0.05, 0.1) is 46.6 Å². The summed E-state index contributed by atoms with van der Waals surface area (Å²) in [4.78, 5) is 25.8. The van der Waals surface area contributed by atoms with E-state index in [9.17, 15) is 46.1 Å². The van der Waals surface area contributed by atoms with Crippen LogP contribution in [0.2, 0.25) is 0 Å². The number of nitrogens with zero attached hydrogens (tertiary/aromatic N) is 3. The Bertz CT molecular complexity index is 2090. The first-order valence-electron chi connectivity index (χ1n) is 25.4. The smallest absolute Gasteiger partial charge is 0.390 e. The summed E-state index contributed by atoms with van der Waals surface area (Å²) in [6.07, 6.45) is 14.5. The maximum atomic E-state index is 13.3. The first-order chi connectivity index (χ1) is 31.2. The van der Waals surface area contributed by atoms with Crippen LogP contribution in [-0.4, -0.2) is 58.3 Å². The molecule has 8 saturated carbocycles. The van der Waals surface area contributed by atoms with Crippen LogP contribution in [0.1, 0.15) is 191 Å². The van der Waals surface area contributed by atoms with E-state index in [0.29, 0.717) is 46.1 Å². The van der Waals surface area contributed by atoms with Crippen molar-refractivity contribution in [2.75, 3.05) is 5.33 Å². The number of carbonyl (C=O) groups is 2. The lowest BCUT2D eigenvalue weighted by Crippen LogP contribution is -2.55. The van der Waals surface area contributed by atoms with Crippen molar-refractivity contribution in [3.05, 3.63) is 35.9 Å². The fraction of sp³-hybridized carbons (Fsp3) is 0.855. The number of aliphatic hydroxyl groups is 2. The Morgan fingerprint density at radius 1 is 0.614 bits per heavy atom. The van der Waals surface area contributed by atoms with E-state index in [2.05, 4.69) is 58.9 Å². The first-order valence-corrected chi connectivity index (χ1v) is 26.5. The molecular weight excluding hydrogens is 975 g/mol. The molecule has 2 heterocycles. The number of aromatic nitrogens is 4. The molecular formula is C55H87BrF6N4O4. The maximum absolute atomic E-state index is 13.3. The highest BCUT2D eigenvalue weighted by atomic mass is 79.9. The first kappa shape index (κ1) is 58.6. The van der Waals surface area contributed by atoms with E-state index in [4.69, 9.17) is 0 Å². The van der Waals surface area contributed by atoms with Gasteiger partial charge in [-0.1, -0.05) is 65.9 Å². The van der Waals surface area contributed by atoms with Gasteiger partial charge in [-0.15, -0.1) is 0 Å². The number of Topliss-reactive ketones (excluding diaryl/α,β-unsaturated/α-hetero) is 2. The molecule has 16 atom stereocenters. The van der Waals surface area contributed by atoms with Gasteiger partial charge in [-0.3, -0.25) is 19.4 Å². The monoisotopic (exact) mass is 1060 g/mol. The predicted octanol–water partition coefficient (Wildman–Crippen LogP) is 14.6. The normalized spacial score (nSPS) is 42.6. The number of aromatic amines is 1. The van der Waals surface area contributed by atoms with E-state index >= 15 is 0 Å². The van der Waals surface area contributed by atoms with Crippen molar-refractivity contribution in [1.29, 1.82) is 0 Å². The number of alkyl halides is 7. The molecule has 0 amide bonds. The summed E-state index contributed by atoms with van der Waals surface area (Å²) in [6, 6.07) is 0. The molecule has 0 bridgehead atoms. The topological polar surface area (TPSA) is 121 Å².